The first-order valence-corrected chi connectivity index (χ1v) is 6.25. The summed E-state index contributed by atoms with van der Waals surface area (Å²) in [5, 5.41) is 22.1. The first kappa shape index (κ1) is 13.1. The maximum atomic E-state index is 11.8. The molecule has 0 saturated carbocycles. The maximum absolute atomic E-state index is 11.8. The molecule has 9 heteroatoms. The number of hydrogen-bond acceptors (Lipinski definition) is 6. The van der Waals surface area contributed by atoms with Crippen LogP contribution < -0.4 is 5.32 Å². The second-order valence-corrected chi connectivity index (χ2v) is 4.81. The largest absolute Gasteiger partial charge is 0.344 e. The molecule has 100 valence electrons. The number of aryl methyl sites for hydroxylation is 2. The van der Waals surface area contributed by atoms with Gasteiger partial charge in [0, 0.05) is 11.1 Å². The predicted octanol–water partition coefficient (Wildman–Crippen LogP) is 1.32. The van der Waals surface area contributed by atoms with E-state index in [2.05, 4.69) is 20.5 Å². The van der Waals surface area contributed by atoms with E-state index in [0.29, 0.717) is 0 Å². The van der Waals surface area contributed by atoms with Gasteiger partial charge < -0.3 is 5.32 Å². The number of aromatic amines is 1. The zero-order valence-electron chi connectivity index (χ0n) is 10.3. The second-order valence-electron chi connectivity index (χ2n) is 3.87. The Kier molecular flexibility index (Phi) is 3.56. The summed E-state index contributed by atoms with van der Waals surface area (Å²) in [7, 11) is 0. The Balaban J connectivity index is 2.10. The van der Waals surface area contributed by atoms with E-state index in [0.717, 1.165) is 10.7 Å². The van der Waals surface area contributed by atoms with Crippen LogP contribution >= 0.6 is 11.3 Å². The van der Waals surface area contributed by atoms with Crippen LogP contribution in [0.5, 0.6) is 0 Å². The molecule has 0 aromatic carbocycles. The molecule has 2 rings (SSSR count). The molecule has 0 aliphatic carbocycles. The van der Waals surface area contributed by atoms with Gasteiger partial charge in [-0.15, -0.1) is 11.3 Å². The fraction of sp³-hybridized carbons (Fsp3) is 0.300. The highest BCUT2D eigenvalue weighted by molar-refractivity contribution is 7.09. The molecule has 0 spiro atoms. The summed E-state index contributed by atoms with van der Waals surface area (Å²) in [6.45, 7) is 3.57. The third-order valence-electron chi connectivity index (χ3n) is 2.38. The minimum absolute atomic E-state index is 0.212. The Morgan fingerprint density at radius 3 is 2.89 bits per heavy atom. The van der Waals surface area contributed by atoms with E-state index in [1.54, 1.807) is 0 Å². The van der Waals surface area contributed by atoms with E-state index >= 15 is 0 Å². The number of hydrogen-bond donors (Lipinski definition) is 2. The van der Waals surface area contributed by atoms with Gasteiger partial charge in [-0.05, 0) is 13.8 Å². The zero-order chi connectivity index (χ0) is 14.0. The van der Waals surface area contributed by atoms with E-state index in [1.165, 1.54) is 18.3 Å². The van der Waals surface area contributed by atoms with Crippen molar-refractivity contribution >= 4 is 22.9 Å². The van der Waals surface area contributed by atoms with E-state index in [-0.39, 0.29) is 23.6 Å². The summed E-state index contributed by atoms with van der Waals surface area (Å²) < 4.78 is 0. The van der Waals surface area contributed by atoms with Crippen molar-refractivity contribution in [3.05, 3.63) is 37.6 Å². The Morgan fingerprint density at radius 2 is 2.32 bits per heavy atom. The van der Waals surface area contributed by atoms with Gasteiger partial charge >= 0.3 is 5.69 Å². The molecule has 19 heavy (non-hydrogen) atoms. The number of nitro groups is 1. The van der Waals surface area contributed by atoms with Gasteiger partial charge in [-0.3, -0.25) is 20.0 Å². The smallest absolute Gasteiger partial charge is 0.322 e. The number of rotatable bonds is 4. The Morgan fingerprint density at radius 1 is 1.58 bits per heavy atom. The van der Waals surface area contributed by atoms with E-state index in [1.807, 2.05) is 12.3 Å². The Hall–Kier alpha value is -2.29. The minimum Gasteiger partial charge on any atom is -0.344 e. The van der Waals surface area contributed by atoms with Gasteiger partial charge in [0.25, 0.3) is 5.91 Å². The lowest BCUT2D eigenvalue weighted by Crippen LogP contribution is -2.24. The average molecular weight is 281 g/mol. The van der Waals surface area contributed by atoms with Gasteiger partial charge in [0.15, 0.2) is 0 Å². The number of carbonyl (C=O) groups excluding carboxylic acids is 1. The molecule has 0 bridgehead atoms. The maximum Gasteiger partial charge on any atom is 0.322 e. The number of thiazole rings is 1. The molecular formula is C10H11N5O3S. The standard InChI is InChI=1S/C10H11N5O3S/c1-5-4-19-7(12-5)3-11-10(16)8-9(15(17)18)6(2)13-14-8/h4H,3H2,1-2H3,(H,11,16)(H,13,14). The van der Waals surface area contributed by atoms with Gasteiger partial charge in [0.1, 0.15) is 10.7 Å². The molecule has 0 radical (unpaired) electrons. The minimum atomic E-state index is -0.624. The fourth-order valence-corrected chi connectivity index (χ4v) is 2.24. The lowest BCUT2D eigenvalue weighted by atomic mass is 10.3. The van der Waals surface area contributed by atoms with Crippen molar-refractivity contribution in [2.75, 3.05) is 0 Å². The van der Waals surface area contributed by atoms with Crippen molar-refractivity contribution < 1.29 is 9.72 Å². The third-order valence-corrected chi connectivity index (χ3v) is 3.35. The van der Waals surface area contributed by atoms with Crippen molar-refractivity contribution in [2.45, 2.75) is 20.4 Å². The van der Waals surface area contributed by atoms with Crippen LogP contribution in [0.2, 0.25) is 0 Å². The highest BCUT2D eigenvalue weighted by Crippen LogP contribution is 2.20. The number of nitrogens with zero attached hydrogens (tertiary/aromatic N) is 3. The Labute approximate surface area is 112 Å². The van der Waals surface area contributed by atoms with Gasteiger partial charge in [-0.25, -0.2) is 4.98 Å². The molecule has 0 unspecified atom stereocenters. The van der Waals surface area contributed by atoms with E-state index < -0.39 is 10.8 Å². The molecule has 2 aromatic rings. The van der Waals surface area contributed by atoms with Crippen molar-refractivity contribution in [3.8, 4) is 0 Å². The zero-order valence-corrected chi connectivity index (χ0v) is 11.1. The highest BCUT2D eigenvalue weighted by Gasteiger charge is 2.26. The molecule has 0 atom stereocenters. The Bertz CT molecular complexity index is 633. The van der Waals surface area contributed by atoms with Gasteiger partial charge in [-0.1, -0.05) is 0 Å². The molecule has 0 aliphatic heterocycles. The molecule has 0 saturated heterocycles. The topological polar surface area (TPSA) is 114 Å². The molecule has 2 N–H and O–H groups in total. The summed E-state index contributed by atoms with van der Waals surface area (Å²) in [6, 6.07) is 0. The van der Waals surface area contributed by atoms with Crippen LogP contribution in [-0.2, 0) is 6.54 Å². The molecule has 2 aromatic heterocycles. The molecule has 8 nitrogen and oxygen atoms in total. The summed E-state index contributed by atoms with van der Waals surface area (Å²) in [4.78, 5) is 26.2. The van der Waals surface area contributed by atoms with Crippen LogP contribution in [0.15, 0.2) is 5.38 Å². The van der Waals surface area contributed by atoms with Crippen LogP contribution in [0.1, 0.15) is 26.9 Å². The third kappa shape index (κ3) is 2.76. The number of amides is 1. The van der Waals surface area contributed by atoms with Gasteiger partial charge in [0.2, 0.25) is 5.69 Å². The van der Waals surface area contributed by atoms with Crippen LogP contribution in [0.4, 0.5) is 5.69 Å². The summed E-state index contributed by atoms with van der Waals surface area (Å²) in [5.74, 6) is -0.594. The second kappa shape index (κ2) is 5.14. The van der Waals surface area contributed by atoms with Gasteiger partial charge in [-0.2, -0.15) is 5.10 Å². The predicted molar refractivity (Wildman–Crippen MR) is 68.0 cm³/mol. The number of aromatic nitrogens is 3. The van der Waals surface area contributed by atoms with Crippen LogP contribution in [-0.4, -0.2) is 26.0 Å². The molecular weight excluding hydrogens is 270 g/mol. The molecule has 0 fully saturated rings. The van der Waals surface area contributed by atoms with Gasteiger partial charge in [0.05, 0.1) is 11.5 Å². The van der Waals surface area contributed by atoms with Crippen molar-refractivity contribution in [1.29, 1.82) is 0 Å². The summed E-state index contributed by atoms with van der Waals surface area (Å²) in [6.07, 6.45) is 0. The summed E-state index contributed by atoms with van der Waals surface area (Å²) >= 11 is 1.41. The molecule has 1 amide bonds. The lowest BCUT2D eigenvalue weighted by molar-refractivity contribution is -0.385. The van der Waals surface area contributed by atoms with Crippen molar-refractivity contribution in [1.82, 2.24) is 20.5 Å². The van der Waals surface area contributed by atoms with E-state index in [4.69, 9.17) is 0 Å². The lowest BCUT2D eigenvalue weighted by Gasteiger charge is -1.99. The van der Waals surface area contributed by atoms with E-state index in [9.17, 15) is 14.9 Å². The van der Waals surface area contributed by atoms with Crippen LogP contribution in [0.25, 0.3) is 0 Å². The first-order valence-electron chi connectivity index (χ1n) is 5.37. The van der Waals surface area contributed by atoms with Crippen molar-refractivity contribution in [3.63, 3.8) is 0 Å². The first-order chi connectivity index (χ1) is 8.99. The molecule has 0 aliphatic rings. The monoisotopic (exact) mass is 281 g/mol. The average Bonchev–Trinajstić information content (AvgIpc) is 2.92. The summed E-state index contributed by atoms with van der Waals surface area (Å²) in [5.41, 5.74) is 0.611. The number of carbonyl (C=O) groups is 1. The SMILES string of the molecule is Cc1csc(CNC(=O)c2n[nH]c(C)c2[N+](=O)[O-])n1. The normalized spacial score (nSPS) is 10.4. The van der Waals surface area contributed by atoms with Crippen molar-refractivity contribution in [2.24, 2.45) is 0 Å². The quantitative estimate of drug-likeness (QED) is 0.648. The van der Waals surface area contributed by atoms with Crippen LogP contribution in [0, 0.1) is 24.0 Å². The fourth-order valence-electron chi connectivity index (χ4n) is 1.53. The highest BCUT2D eigenvalue weighted by atomic mass is 32.1. The molecule has 2 heterocycles. The number of H-pyrrole nitrogens is 1. The van der Waals surface area contributed by atoms with Crippen LogP contribution in [0.3, 0.4) is 0 Å². The number of nitrogens with one attached hydrogen (secondary N) is 2.